The lowest BCUT2D eigenvalue weighted by Crippen LogP contribution is -2.33. The second kappa shape index (κ2) is 8.39. The molecule has 1 heterocycles. The van der Waals surface area contributed by atoms with E-state index in [1.807, 2.05) is 0 Å². The maximum Gasteiger partial charge on any atom is 0.342 e. The molecule has 0 bridgehead atoms. The van der Waals surface area contributed by atoms with E-state index in [0.29, 0.717) is 12.7 Å². The molecule has 0 N–H and O–H groups in total. The summed E-state index contributed by atoms with van der Waals surface area (Å²) in [5.74, 6) is 0.941. The molecule has 0 radical (unpaired) electrons. The molecule has 0 aromatic carbocycles. The van der Waals surface area contributed by atoms with Gasteiger partial charge in [0.1, 0.15) is 0 Å². The van der Waals surface area contributed by atoms with Crippen LogP contribution in [0.3, 0.4) is 0 Å². The van der Waals surface area contributed by atoms with Crippen LogP contribution in [0.25, 0.3) is 0 Å². The Morgan fingerprint density at radius 1 is 1.52 bits per heavy atom. The fraction of sp³-hybridized carbons (Fsp3) is 0.643. The molecule has 0 amide bonds. The highest BCUT2D eigenvalue weighted by Gasteiger charge is 2.37. The Morgan fingerprint density at radius 2 is 2.24 bits per heavy atom. The van der Waals surface area contributed by atoms with Crippen LogP contribution in [-0.2, 0) is 33.3 Å². The minimum Gasteiger partial charge on any atom is -0.464 e. The third kappa shape index (κ3) is 5.17. The van der Waals surface area contributed by atoms with Gasteiger partial charge in [-0.2, -0.15) is 0 Å². The van der Waals surface area contributed by atoms with E-state index < -0.39 is 30.4 Å². The number of rotatable bonds is 7. The standard InChI is InChI=1S/C14H18O7/c1-4-10-6-13(20-9(3)16)21-12(10)8-19-11(7-15)14(17)18-5-2/h1,7,10-13H,5-6,8H2,2-3H3. The largest absolute Gasteiger partial charge is 0.464 e. The number of esters is 2. The first-order chi connectivity index (χ1) is 10.0. The Labute approximate surface area is 122 Å². The van der Waals surface area contributed by atoms with Crippen molar-refractivity contribution in [1.29, 1.82) is 0 Å². The van der Waals surface area contributed by atoms with E-state index in [9.17, 15) is 14.4 Å². The van der Waals surface area contributed by atoms with Crippen LogP contribution in [0.4, 0.5) is 0 Å². The van der Waals surface area contributed by atoms with Gasteiger partial charge in [-0.1, -0.05) is 0 Å². The fourth-order valence-corrected chi connectivity index (χ4v) is 1.88. The van der Waals surface area contributed by atoms with Crippen molar-refractivity contribution >= 4 is 18.2 Å². The Morgan fingerprint density at radius 3 is 2.76 bits per heavy atom. The monoisotopic (exact) mass is 298 g/mol. The van der Waals surface area contributed by atoms with Gasteiger partial charge in [-0.15, -0.1) is 12.3 Å². The minimum atomic E-state index is -1.32. The second-order valence-electron chi connectivity index (χ2n) is 4.36. The maximum atomic E-state index is 11.4. The lowest BCUT2D eigenvalue weighted by molar-refractivity contribution is -0.178. The van der Waals surface area contributed by atoms with Crippen molar-refractivity contribution in [3.63, 3.8) is 0 Å². The number of carbonyl (C=O) groups excluding carboxylic acids is 3. The maximum absolute atomic E-state index is 11.4. The van der Waals surface area contributed by atoms with Crippen LogP contribution < -0.4 is 0 Å². The molecule has 0 aromatic heterocycles. The van der Waals surface area contributed by atoms with Crippen LogP contribution in [-0.4, -0.2) is 49.9 Å². The molecule has 7 nitrogen and oxygen atoms in total. The zero-order valence-corrected chi connectivity index (χ0v) is 11.9. The summed E-state index contributed by atoms with van der Waals surface area (Å²) in [4.78, 5) is 33.1. The third-order valence-electron chi connectivity index (χ3n) is 2.82. The van der Waals surface area contributed by atoms with Gasteiger partial charge >= 0.3 is 11.9 Å². The summed E-state index contributed by atoms with van der Waals surface area (Å²) in [5, 5.41) is 0. The molecule has 0 spiro atoms. The molecule has 1 saturated heterocycles. The fourth-order valence-electron chi connectivity index (χ4n) is 1.88. The molecule has 4 unspecified atom stereocenters. The van der Waals surface area contributed by atoms with Crippen molar-refractivity contribution in [2.24, 2.45) is 5.92 Å². The van der Waals surface area contributed by atoms with E-state index in [2.05, 4.69) is 5.92 Å². The first kappa shape index (κ1) is 17.1. The van der Waals surface area contributed by atoms with Crippen LogP contribution in [0.5, 0.6) is 0 Å². The van der Waals surface area contributed by atoms with Crippen molar-refractivity contribution in [1.82, 2.24) is 0 Å². The van der Waals surface area contributed by atoms with Gasteiger partial charge in [0.2, 0.25) is 12.4 Å². The molecule has 0 aliphatic carbocycles. The Kier molecular flexibility index (Phi) is 6.85. The number of hydrogen-bond acceptors (Lipinski definition) is 7. The molecule has 1 fully saturated rings. The zero-order chi connectivity index (χ0) is 15.8. The molecule has 1 aliphatic rings. The smallest absolute Gasteiger partial charge is 0.342 e. The van der Waals surface area contributed by atoms with E-state index in [1.54, 1.807) is 6.92 Å². The average Bonchev–Trinajstić information content (AvgIpc) is 2.81. The molecule has 1 aliphatic heterocycles. The van der Waals surface area contributed by atoms with Crippen molar-refractivity contribution in [3.8, 4) is 12.3 Å². The van der Waals surface area contributed by atoms with Gasteiger partial charge in [-0.05, 0) is 6.92 Å². The number of hydrogen-bond donors (Lipinski definition) is 0. The van der Waals surface area contributed by atoms with Gasteiger partial charge in [0.15, 0.2) is 6.29 Å². The normalized spacial score (nSPS) is 25.7. The summed E-state index contributed by atoms with van der Waals surface area (Å²) in [6.45, 7) is 2.96. The lowest BCUT2D eigenvalue weighted by Gasteiger charge is -2.17. The summed E-state index contributed by atoms with van der Waals surface area (Å²) in [7, 11) is 0. The predicted molar refractivity (Wildman–Crippen MR) is 69.8 cm³/mol. The third-order valence-corrected chi connectivity index (χ3v) is 2.82. The molecule has 116 valence electrons. The van der Waals surface area contributed by atoms with Gasteiger partial charge in [-0.3, -0.25) is 9.59 Å². The zero-order valence-electron chi connectivity index (χ0n) is 11.9. The molecule has 7 heteroatoms. The second-order valence-corrected chi connectivity index (χ2v) is 4.36. The molecule has 4 atom stereocenters. The van der Waals surface area contributed by atoms with Gasteiger partial charge in [-0.25, -0.2) is 4.79 Å². The SMILES string of the molecule is C#CC1CC(OC(C)=O)OC1COC(C=O)C(=O)OCC. The first-order valence-corrected chi connectivity index (χ1v) is 6.54. The average molecular weight is 298 g/mol. The van der Waals surface area contributed by atoms with Gasteiger partial charge in [0.05, 0.1) is 25.2 Å². The van der Waals surface area contributed by atoms with E-state index in [1.165, 1.54) is 6.92 Å². The van der Waals surface area contributed by atoms with Crippen LogP contribution in [0.15, 0.2) is 0 Å². The van der Waals surface area contributed by atoms with E-state index in [0.717, 1.165) is 0 Å². The minimum absolute atomic E-state index is 0.0746. The number of aldehydes is 1. The molecule has 1 rings (SSSR count). The summed E-state index contributed by atoms with van der Waals surface area (Å²) in [6.07, 6.45) is 3.45. The Bertz CT molecular complexity index is 426. The summed E-state index contributed by atoms with van der Waals surface area (Å²) < 4.78 is 20.2. The Hall–Kier alpha value is -1.91. The predicted octanol–water partition coefficient (Wildman–Crippen LogP) is 0.0611. The quantitative estimate of drug-likeness (QED) is 0.284. The summed E-state index contributed by atoms with van der Waals surface area (Å²) >= 11 is 0. The highest BCUT2D eigenvalue weighted by atomic mass is 16.7. The number of carbonyl (C=O) groups is 3. The summed E-state index contributed by atoms with van der Waals surface area (Å²) in [5.41, 5.74) is 0. The first-order valence-electron chi connectivity index (χ1n) is 6.54. The van der Waals surface area contributed by atoms with Crippen LogP contribution in [0.1, 0.15) is 20.3 Å². The van der Waals surface area contributed by atoms with Crippen LogP contribution in [0, 0.1) is 18.3 Å². The van der Waals surface area contributed by atoms with E-state index in [-0.39, 0.29) is 19.1 Å². The highest BCUT2D eigenvalue weighted by molar-refractivity contribution is 5.90. The van der Waals surface area contributed by atoms with Crippen molar-refractivity contribution in [3.05, 3.63) is 0 Å². The van der Waals surface area contributed by atoms with Gasteiger partial charge in [0, 0.05) is 13.3 Å². The van der Waals surface area contributed by atoms with Crippen molar-refractivity contribution in [2.75, 3.05) is 13.2 Å². The summed E-state index contributed by atoms with van der Waals surface area (Å²) in [6, 6.07) is 0. The van der Waals surface area contributed by atoms with E-state index in [4.69, 9.17) is 25.4 Å². The Balaban J connectivity index is 2.52. The topological polar surface area (TPSA) is 88.1 Å². The van der Waals surface area contributed by atoms with Gasteiger partial charge < -0.3 is 18.9 Å². The van der Waals surface area contributed by atoms with Crippen LogP contribution in [0.2, 0.25) is 0 Å². The lowest BCUT2D eigenvalue weighted by atomic mass is 10.0. The molecule has 21 heavy (non-hydrogen) atoms. The molecular weight excluding hydrogens is 280 g/mol. The highest BCUT2D eigenvalue weighted by Crippen LogP contribution is 2.27. The van der Waals surface area contributed by atoms with Crippen LogP contribution >= 0.6 is 0 Å². The van der Waals surface area contributed by atoms with Crippen molar-refractivity contribution < 1.29 is 33.3 Å². The molecular formula is C14H18O7. The molecule has 0 aromatic rings. The number of terminal acetylenes is 1. The number of ether oxygens (including phenoxy) is 4. The van der Waals surface area contributed by atoms with Gasteiger partial charge in [0.25, 0.3) is 0 Å². The molecule has 0 saturated carbocycles. The van der Waals surface area contributed by atoms with Crippen molar-refractivity contribution in [2.45, 2.75) is 38.8 Å². The van der Waals surface area contributed by atoms with E-state index >= 15 is 0 Å².